The number of carbonyl (C=O) groups excluding carboxylic acids is 3. The lowest BCUT2D eigenvalue weighted by molar-refractivity contribution is -0.122. The average Bonchev–Trinajstić information content (AvgIpc) is 3.08. The first kappa shape index (κ1) is 21.0. The Labute approximate surface area is 175 Å². The summed E-state index contributed by atoms with van der Waals surface area (Å²) in [5.41, 5.74) is 1.97. The summed E-state index contributed by atoms with van der Waals surface area (Å²) >= 11 is 6.22. The maximum Gasteiger partial charge on any atom is 0.244 e. The van der Waals surface area contributed by atoms with Crippen LogP contribution < -0.4 is 10.2 Å². The minimum atomic E-state index is -0.270. The van der Waals surface area contributed by atoms with E-state index >= 15 is 0 Å². The van der Waals surface area contributed by atoms with E-state index in [0.717, 1.165) is 5.69 Å². The number of rotatable bonds is 7. The first-order valence-corrected chi connectivity index (χ1v) is 9.91. The van der Waals surface area contributed by atoms with Crippen LogP contribution in [0.1, 0.15) is 30.1 Å². The third-order valence-electron chi connectivity index (χ3n) is 5.12. The minimum Gasteiger partial charge on any atom is -0.326 e. The quantitative estimate of drug-likeness (QED) is 0.704. The van der Waals surface area contributed by atoms with Crippen molar-refractivity contribution in [2.45, 2.75) is 25.8 Å². The lowest BCUT2D eigenvalue weighted by Crippen LogP contribution is -2.41. The number of halogens is 1. The third kappa shape index (κ3) is 5.02. The molecule has 7 heteroatoms. The first-order valence-electron chi connectivity index (χ1n) is 9.54. The average molecular weight is 414 g/mol. The van der Waals surface area contributed by atoms with E-state index in [-0.39, 0.29) is 30.1 Å². The molecule has 1 fully saturated rings. The van der Waals surface area contributed by atoms with Crippen LogP contribution in [-0.2, 0) is 9.59 Å². The normalized spacial score (nSPS) is 16.3. The molecule has 1 unspecified atom stereocenters. The molecule has 152 valence electrons. The summed E-state index contributed by atoms with van der Waals surface area (Å²) in [7, 11) is 1.85. The number of likely N-dealkylation sites (N-methyl/N-ethyl adjacent to an activating group) is 1. The molecule has 0 aliphatic carbocycles. The molecule has 1 atom stereocenters. The summed E-state index contributed by atoms with van der Waals surface area (Å²) in [5, 5.41) is 3.37. The van der Waals surface area contributed by atoms with Crippen LogP contribution in [0.2, 0.25) is 5.02 Å². The molecule has 0 saturated carbocycles. The van der Waals surface area contributed by atoms with Gasteiger partial charge in [0.1, 0.15) is 0 Å². The van der Waals surface area contributed by atoms with Gasteiger partial charge >= 0.3 is 0 Å². The highest BCUT2D eigenvalue weighted by Crippen LogP contribution is 2.30. The Morgan fingerprint density at radius 1 is 1.17 bits per heavy atom. The van der Waals surface area contributed by atoms with Crippen LogP contribution in [0, 0.1) is 0 Å². The van der Waals surface area contributed by atoms with E-state index in [2.05, 4.69) is 5.32 Å². The predicted octanol–water partition coefficient (Wildman–Crippen LogP) is 3.61. The lowest BCUT2D eigenvalue weighted by atomic mass is 10.1. The van der Waals surface area contributed by atoms with Gasteiger partial charge in [0.15, 0.2) is 5.78 Å². The monoisotopic (exact) mass is 413 g/mol. The van der Waals surface area contributed by atoms with Gasteiger partial charge in [0.05, 0.1) is 16.8 Å². The molecule has 0 aromatic heterocycles. The van der Waals surface area contributed by atoms with Crippen LogP contribution >= 0.6 is 11.6 Å². The number of carbonyl (C=O) groups is 3. The van der Waals surface area contributed by atoms with E-state index in [9.17, 15) is 14.4 Å². The number of hydrogen-bond acceptors (Lipinski definition) is 4. The van der Waals surface area contributed by atoms with E-state index in [4.69, 9.17) is 11.6 Å². The van der Waals surface area contributed by atoms with E-state index < -0.39 is 0 Å². The Kier molecular flexibility index (Phi) is 6.67. The van der Waals surface area contributed by atoms with Crippen LogP contribution in [0.4, 0.5) is 11.4 Å². The molecule has 1 heterocycles. The largest absolute Gasteiger partial charge is 0.326 e. The Morgan fingerprint density at radius 3 is 2.52 bits per heavy atom. The second-order valence-corrected chi connectivity index (χ2v) is 7.57. The smallest absolute Gasteiger partial charge is 0.244 e. The molecule has 1 saturated heterocycles. The van der Waals surface area contributed by atoms with E-state index in [0.29, 0.717) is 35.8 Å². The van der Waals surface area contributed by atoms with Gasteiger partial charge in [0.25, 0.3) is 0 Å². The lowest BCUT2D eigenvalue weighted by Gasteiger charge is -2.24. The summed E-state index contributed by atoms with van der Waals surface area (Å²) in [4.78, 5) is 40.0. The molecule has 2 aromatic carbocycles. The standard InChI is InChI=1S/C22H24ClN3O3/c1-15(27)16-7-9-17(10-8-16)24-21(28)12-13-25(2)20-11-14-26(22(20)29)19-6-4-3-5-18(19)23/h3-10,20H,11-14H2,1-2H3,(H,24,28). The molecule has 29 heavy (non-hydrogen) atoms. The van der Waals surface area contributed by atoms with Crippen LogP contribution in [0.25, 0.3) is 0 Å². The van der Waals surface area contributed by atoms with Gasteiger partial charge in [-0.25, -0.2) is 0 Å². The molecule has 1 aliphatic rings. The summed E-state index contributed by atoms with van der Waals surface area (Å²) in [5.74, 6) is -0.154. The zero-order valence-corrected chi connectivity index (χ0v) is 17.3. The van der Waals surface area contributed by atoms with Crippen molar-refractivity contribution in [1.29, 1.82) is 0 Å². The van der Waals surface area contributed by atoms with Crippen molar-refractivity contribution < 1.29 is 14.4 Å². The van der Waals surface area contributed by atoms with Gasteiger partial charge < -0.3 is 10.2 Å². The Bertz CT molecular complexity index is 914. The summed E-state index contributed by atoms with van der Waals surface area (Å²) < 4.78 is 0. The molecule has 2 amide bonds. The van der Waals surface area contributed by atoms with Gasteiger partial charge in [0.2, 0.25) is 11.8 Å². The highest BCUT2D eigenvalue weighted by Gasteiger charge is 2.35. The van der Waals surface area contributed by atoms with Gasteiger partial charge in [-0.1, -0.05) is 23.7 Å². The predicted molar refractivity (Wildman–Crippen MR) is 115 cm³/mol. The molecule has 3 rings (SSSR count). The van der Waals surface area contributed by atoms with Crippen molar-refractivity contribution in [1.82, 2.24) is 4.90 Å². The zero-order chi connectivity index (χ0) is 21.0. The molecule has 0 radical (unpaired) electrons. The topological polar surface area (TPSA) is 69.7 Å². The van der Waals surface area contributed by atoms with Crippen molar-refractivity contribution in [3.8, 4) is 0 Å². The number of nitrogens with zero attached hydrogens (tertiary/aromatic N) is 2. The molecule has 1 N–H and O–H groups in total. The van der Waals surface area contributed by atoms with Crippen molar-refractivity contribution in [3.05, 3.63) is 59.1 Å². The van der Waals surface area contributed by atoms with Gasteiger partial charge in [-0.05, 0) is 56.8 Å². The van der Waals surface area contributed by atoms with E-state index in [1.54, 1.807) is 35.2 Å². The summed E-state index contributed by atoms with van der Waals surface area (Å²) in [6.07, 6.45) is 0.954. The van der Waals surface area contributed by atoms with Crippen molar-refractivity contribution >= 4 is 40.6 Å². The van der Waals surface area contributed by atoms with Crippen LogP contribution in [0.3, 0.4) is 0 Å². The van der Waals surface area contributed by atoms with Gasteiger partial charge in [-0.3, -0.25) is 19.3 Å². The molecule has 6 nitrogen and oxygen atoms in total. The fourth-order valence-electron chi connectivity index (χ4n) is 3.43. The number of hydrogen-bond donors (Lipinski definition) is 1. The SMILES string of the molecule is CC(=O)c1ccc(NC(=O)CCN(C)C2CCN(c3ccccc3Cl)C2=O)cc1. The highest BCUT2D eigenvalue weighted by atomic mass is 35.5. The van der Waals surface area contributed by atoms with Gasteiger partial charge in [-0.2, -0.15) is 0 Å². The molecule has 0 spiro atoms. The van der Waals surface area contributed by atoms with Crippen molar-refractivity contribution in [2.75, 3.05) is 30.4 Å². The number of Topliss-reactive ketones (excluding diaryl/α,β-unsaturated/α-hetero) is 1. The molecule has 2 aromatic rings. The molecular formula is C22H24ClN3O3. The Balaban J connectivity index is 1.52. The Hall–Kier alpha value is -2.70. The summed E-state index contributed by atoms with van der Waals surface area (Å²) in [6.45, 7) is 2.57. The number of benzene rings is 2. The van der Waals surface area contributed by atoms with E-state index in [1.165, 1.54) is 6.92 Å². The van der Waals surface area contributed by atoms with Crippen LogP contribution in [0.5, 0.6) is 0 Å². The number of para-hydroxylation sites is 1. The molecule has 1 aliphatic heterocycles. The number of ketones is 1. The first-order chi connectivity index (χ1) is 13.9. The fourth-order valence-corrected chi connectivity index (χ4v) is 3.67. The second kappa shape index (κ2) is 9.20. The van der Waals surface area contributed by atoms with Crippen molar-refractivity contribution in [3.63, 3.8) is 0 Å². The number of amides is 2. The van der Waals surface area contributed by atoms with Gasteiger partial charge in [0, 0.05) is 30.8 Å². The summed E-state index contributed by atoms with van der Waals surface area (Å²) in [6, 6.07) is 13.8. The van der Waals surface area contributed by atoms with E-state index in [1.807, 2.05) is 30.1 Å². The van der Waals surface area contributed by atoms with Crippen molar-refractivity contribution in [2.24, 2.45) is 0 Å². The fraction of sp³-hybridized carbons (Fsp3) is 0.318. The highest BCUT2D eigenvalue weighted by molar-refractivity contribution is 6.33. The zero-order valence-electron chi connectivity index (χ0n) is 16.5. The maximum atomic E-state index is 12.8. The Morgan fingerprint density at radius 2 is 1.86 bits per heavy atom. The van der Waals surface area contributed by atoms with Gasteiger partial charge in [-0.15, -0.1) is 0 Å². The maximum absolute atomic E-state index is 12.8. The molecular weight excluding hydrogens is 390 g/mol. The van der Waals surface area contributed by atoms with Crippen LogP contribution in [0.15, 0.2) is 48.5 Å². The van der Waals surface area contributed by atoms with Crippen LogP contribution in [-0.4, -0.2) is 48.7 Å². The second-order valence-electron chi connectivity index (χ2n) is 7.16. The molecule has 0 bridgehead atoms. The number of nitrogens with one attached hydrogen (secondary N) is 1. The third-order valence-corrected chi connectivity index (χ3v) is 5.44. The minimum absolute atomic E-state index is 0.000768. The number of anilines is 2.